The van der Waals surface area contributed by atoms with E-state index in [4.69, 9.17) is 17.3 Å². The average Bonchev–Trinajstić information content (AvgIpc) is 2.52. The van der Waals surface area contributed by atoms with Gasteiger partial charge in [-0.25, -0.2) is 4.98 Å². The summed E-state index contributed by atoms with van der Waals surface area (Å²) >= 11 is 5.70. The third-order valence-electron chi connectivity index (χ3n) is 1.50. The van der Waals surface area contributed by atoms with Crippen molar-refractivity contribution in [1.82, 2.24) is 20.2 Å². The predicted molar refractivity (Wildman–Crippen MR) is 49.0 cm³/mol. The van der Waals surface area contributed by atoms with Gasteiger partial charge in [-0.2, -0.15) is 4.98 Å². The highest BCUT2D eigenvalue weighted by atomic mass is 35.5. The minimum absolute atomic E-state index is 0.211. The van der Waals surface area contributed by atoms with E-state index < -0.39 is 0 Å². The quantitative estimate of drug-likeness (QED) is 0.668. The molecule has 0 radical (unpaired) electrons. The van der Waals surface area contributed by atoms with E-state index in [1.54, 1.807) is 18.3 Å². The number of halogens is 1. The predicted octanol–water partition coefficient (Wildman–Crippen LogP) is 1.10. The number of hydrogen-bond donors (Lipinski definition) is 2. The maximum atomic E-state index is 5.70. The molecule has 2 rings (SSSR count). The molecule has 3 N–H and O–H groups in total. The first-order chi connectivity index (χ1) is 6.25. The van der Waals surface area contributed by atoms with Crippen LogP contribution in [0, 0.1) is 0 Å². The van der Waals surface area contributed by atoms with Crippen molar-refractivity contribution in [3.63, 3.8) is 0 Å². The van der Waals surface area contributed by atoms with Gasteiger partial charge >= 0.3 is 0 Å². The minimum atomic E-state index is 0.211. The summed E-state index contributed by atoms with van der Waals surface area (Å²) in [5, 5.41) is 6.79. The van der Waals surface area contributed by atoms with Crippen molar-refractivity contribution in [2.45, 2.75) is 0 Å². The third kappa shape index (κ3) is 1.59. The van der Waals surface area contributed by atoms with E-state index in [0.29, 0.717) is 11.0 Å². The van der Waals surface area contributed by atoms with Gasteiger partial charge in [0.2, 0.25) is 5.95 Å². The van der Waals surface area contributed by atoms with E-state index in [0.717, 1.165) is 5.56 Å². The van der Waals surface area contributed by atoms with Crippen LogP contribution in [0.15, 0.2) is 18.3 Å². The Bertz CT molecular complexity index is 424. The Morgan fingerprint density at radius 2 is 2.31 bits per heavy atom. The maximum absolute atomic E-state index is 5.70. The van der Waals surface area contributed by atoms with E-state index in [9.17, 15) is 0 Å². The second-order valence-electron chi connectivity index (χ2n) is 2.41. The molecule has 0 aliphatic rings. The molecule has 2 aromatic rings. The second kappa shape index (κ2) is 3.02. The fraction of sp³-hybridized carbons (Fsp3) is 0. The van der Waals surface area contributed by atoms with Crippen LogP contribution in [-0.2, 0) is 0 Å². The molecule has 6 heteroatoms. The van der Waals surface area contributed by atoms with Crippen molar-refractivity contribution in [1.29, 1.82) is 0 Å². The topological polar surface area (TPSA) is 80.5 Å². The summed E-state index contributed by atoms with van der Waals surface area (Å²) in [4.78, 5) is 7.79. The molecule has 0 aliphatic carbocycles. The number of H-pyrrole nitrogens is 1. The van der Waals surface area contributed by atoms with Gasteiger partial charge in [0.15, 0.2) is 5.82 Å². The molecular weight excluding hydrogens is 190 g/mol. The Hall–Kier alpha value is -1.62. The van der Waals surface area contributed by atoms with Gasteiger partial charge in [-0.15, -0.1) is 5.10 Å². The van der Waals surface area contributed by atoms with E-state index in [1.165, 1.54) is 0 Å². The van der Waals surface area contributed by atoms with Crippen molar-refractivity contribution >= 4 is 17.5 Å². The van der Waals surface area contributed by atoms with E-state index >= 15 is 0 Å². The van der Waals surface area contributed by atoms with Gasteiger partial charge in [0, 0.05) is 11.8 Å². The van der Waals surface area contributed by atoms with Gasteiger partial charge < -0.3 is 5.73 Å². The summed E-state index contributed by atoms with van der Waals surface area (Å²) < 4.78 is 0. The highest BCUT2D eigenvalue weighted by Crippen LogP contribution is 2.17. The normalized spacial score (nSPS) is 10.2. The van der Waals surface area contributed by atoms with E-state index in [2.05, 4.69) is 20.2 Å². The Labute approximate surface area is 79.0 Å². The van der Waals surface area contributed by atoms with Crippen molar-refractivity contribution < 1.29 is 0 Å². The molecule has 0 atom stereocenters. The third-order valence-corrected chi connectivity index (χ3v) is 1.71. The van der Waals surface area contributed by atoms with Crippen LogP contribution in [0.25, 0.3) is 11.4 Å². The molecule has 13 heavy (non-hydrogen) atoms. The Balaban J connectivity index is 2.46. The molecule has 0 amide bonds. The SMILES string of the molecule is Nc1n[nH]c(-c2ccnc(Cl)c2)n1. The fourth-order valence-corrected chi connectivity index (χ4v) is 1.13. The van der Waals surface area contributed by atoms with Gasteiger partial charge in [-0.3, -0.25) is 5.10 Å². The van der Waals surface area contributed by atoms with Gasteiger partial charge in [0.05, 0.1) is 0 Å². The zero-order valence-corrected chi connectivity index (χ0v) is 7.28. The smallest absolute Gasteiger partial charge is 0.239 e. The van der Waals surface area contributed by atoms with Crippen LogP contribution in [0.2, 0.25) is 5.15 Å². The summed E-state index contributed by atoms with van der Waals surface area (Å²) in [5.74, 6) is 0.796. The van der Waals surface area contributed by atoms with E-state index in [-0.39, 0.29) is 5.95 Å². The molecule has 0 spiro atoms. The highest BCUT2D eigenvalue weighted by molar-refractivity contribution is 6.29. The first kappa shape index (κ1) is 8.00. The Kier molecular flexibility index (Phi) is 1.86. The largest absolute Gasteiger partial charge is 0.366 e. The highest BCUT2D eigenvalue weighted by Gasteiger charge is 2.03. The molecule has 0 aliphatic heterocycles. The Morgan fingerprint density at radius 3 is 2.92 bits per heavy atom. The molecule has 0 saturated carbocycles. The fourth-order valence-electron chi connectivity index (χ4n) is 0.954. The molecule has 0 aromatic carbocycles. The lowest BCUT2D eigenvalue weighted by atomic mass is 10.2. The van der Waals surface area contributed by atoms with Crippen molar-refractivity contribution in [2.24, 2.45) is 0 Å². The van der Waals surface area contributed by atoms with Gasteiger partial charge in [-0.1, -0.05) is 11.6 Å². The number of aromatic nitrogens is 4. The minimum Gasteiger partial charge on any atom is -0.366 e. The number of rotatable bonds is 1. The van der Waals surface area contributed by atoms with Crippen LogP contribution in [-0.4, -0.2) is 20.2 Å². The van der Waals surface area contributed by atoms with Crippen LogP contribution in [0.3, 0.4) is 0 Å². The lowest BCUT2D eigenvalue weighted by Crippen LogP contribution is -1.85. The summed E-state index contributed by atoms with van der Waals surface area (Å²) in [6.45, 7) is 0. The number of nitrogens with zero attached hydrogens (tertiary/aromatic N) is 3. The van der Waals surface area contributed by atoms with Crippen LogP contribution in [0.4, 0.5) is 5.95 Å². The lowest BCUT2D eigenvalue weighted by molar-refractivity contribution is 1.10. The summed E-state index contributed by atoms with van der Waals surface area (Å²) in [6, 6.07) is 3.45. The Morgan fingerprint density at radius 1 is 1.46 bits per heavy atom. The van der Waals surface area contributed by atoms with Gasteiger partial charge in [-0.05, 0) is 12.1 Å². The van der Waals surface area contributed by atoms with Crippen LogP contribution in [0.5, 0.6) is 0 Å². The van der Waals surface area contributed by atoms with Crippen molar-refractivity contribution in [3.05, 3.63) is 23.5 Å². The van der Waals surface area contributed by atoms with Crippen molar-refractivity contribution in [3.8, 4) is 11.4 Å². The number of hydrogen-bond acceptors (Lipinski definition) is 4. The second-order valence-corrected chi connectivity index (χ2v) is 2.80. The van der Waals surface area contributed by atoms with Crippen LogP contribution in [0.1, 0.15) is 0 Å². The average molecular weight is 196 g/mol. The molecule has 0 fully saturated rings. The van der Waals surface area contributed by atoms with Crippen LogP contribution >= 0.6 is 11.6 Å². The number of aromatic amines is 1. The monoisotopic (exact) mass is 195 g/mol. The molecule has 2 aromatic heterocycles. The lowest BCUT2D eigenvalue weighted by Gasteiger charge is -1.94. The number of nitrogen functional groups attached to an aromatic ring is 1. The summed E-state index contributed by atoms with van der Waals surface area (Å²) in [7, 11) is 0. The standard InChI is InChI=1S/C7H6ClN5/c8-5-3-4(1-2-10-5)6-11-7(9)13-12-6/h1-3H,(H3,9,11,12,13). The number of nitrogens with one attached hydrogen (secondary N) is 1. The van der Waals surface area contributed by atoms with E-state index in [1.807, 2.05) is 0 Å². The first-order valence-corrected chi connectivity index (χ1v) is 3.93. The van der Waals surface area contributed by atoms with Crippen LogP contribution < -0.4 is 5.73 Å². The van der Waals surface area contributed by atoms with Crippen molar-refractivity contribution in [2.75, 3.05) is 5.73 Å². The molecular formula is C7H6ClN5. The molecule has 0 bridgehead atoms. The summed E-state index contributed by atoms with van der Waals surface area (Å²) in [5.41, 5.74) is 6.16. The molecule has 5 nitrogen and oxygen atoms in total. The molecule has 0 unspecified atom stereocenters. The zero-order valence-electron chi connectivity index (χ0n) is 6.53. The molecule has 2 heterocycles. The number of anilines is 1. The summed E-state index contributed by atoms with van der Waals surface area (Å²) in [6.07, 6.45) is 1.59. The zero-order chi connectivity index (χ0) is 9.26. The number of pyridine rings is 1. The number of nitrogens with two attached hydrogens (primary N) is 1. The maximum Gasteiger partial charge on any atom is 0.239 e. The van der Waals surface area contributed by atoms with Gasteiger partial charge in [0.25, 0.3) is 0 Å². The van der Waals surface area contributed by atoms with Gasteiger partial charge in [0.1, 0.15) is 5.15 Å². The first-order valence-electron chi connectivity index (χ1n) is 3.55. The molecule has 66 valence electrons. The molecule has 0 saturated heterocycles.